The Labute approximate surface area is 175 Å². The largest absolute Gasteiger partial charge is 0.486 e. The molecular weight excluding hydrogens is 388 g/mol. The van der Waals surface area contributed by atoms with Crippen LogP contribution in [0, 0.1) is 0 Å². The highest BCUT2D eigenvalue weighted by Crippen LogP contribution is 2.39. The number of benzene rings is 2. The van der Waals surface area contributed by atoms with Gasteiger partial charge in [-0.15, -0.1) is 0 Å². The molecule has 0 unspecified atom stereocenters. The standard InChI is InChI=1S/C23H25ClN2O3/c24-18-5-1-7-20-22(18)17(16-29-20)4-3-9-25-10-12-26(13-11-25)19-6-2-8-21-23(19)28-15-14-27-21/h1-2,5-8,16H,3-4,9-15H2. The first-order valence-corrected chi connectivity index (χ1v) is 10.7. The number of hydrogen-bond donors (Lipinski definition) is 0. The molecule has 2 aliphatic heterocycles. The van der Waals surface area contributed by atoms with Gasteiger partial charge in [-0.3, -0.25) is 4.90 Å². The van der Waals surface area contributed by atoms with Crippen LogP contribution in [0.1, 0.15) is 12.0 Å². The first kappa shape index (κ1) is 18.6. The van der Waals surface area contributed by atoms with E-state index in [1.54, 1.807) is 0 Å². The molecule has 2 aliphatic rings. The molecular formula is C23H25ClN2O3. The number of aryl methyl sites for hydroxylation is 1. The topological polar surface area (TPSA) is 38.1 Å². The molecule has 29 heavy (non-hydrogen) atoms. The summed E-state index contributed by atoms with van der Waals surface area (Å²) in [7, 11) is 0. The SMILES string of the molecule is Clc1cccc2occ(CCCN3CCN(c4cccc5c4OCCO5)CC3)c12. The van der Waals surface area contributed by atoms with E-state index in [9.17, 15) is 0 Å². The van der Waals surface area contributed by atoms with Crippen molar-refractivity contribution >= 4 is 28.3 Å². The van der Waals surface area contributed by atoms with Gasteiger partial charge < -0.3 is 18.8 Å². The van der Waals surface area contributed by atoms with E-state index in [1.165, 1.54) is 5.56 Å². The molecule has 152 valence electrons. The minimum absolute atomic E-state index is 0.622. The summed E-state index contributed by atoms with van der Waals surface area (Å²) in [5, 5.41) is 1.84. The maximum Gasteiger partial charge on any atom is 0.184 e. The Bertz CT molecular complexity index is 995. The van der Waals surface area contributed by atoms with Crippen molar-refractivity contribution in [2.45, 2.75) is 12.8 Å². The Morgan fingerprint density at radius 3 is 2.66 bits per heavy atom. The van der Waals surface area contributed by atoms with Crippen molar-refractivity contribution < 1.29 is 13.9 Å². The zero-order valence-electron chi connectivity index (χ0n) is 16.4. The summed E-state index contributed by atoms with van der Waals surface area (Å²) in [4.78, 5) is 4.94. The van der Waals surface area contributed by atoms with Gasteiger partial charge in [-0.1, -0.05) is 23.7 Å². The average Bonchev–Trinajstić information content (AvgIpc) is 3.18. The minimum atomic E-state index is 0.622. The van der Waals surface area contributed by atoms with Crippen LogP contribution >= 0.6 is 11.6 Å². The van der Waals surface area contributed by atoms with E-state index in [-0.39, 0.29) is 0 Å². The summed E-state index contributed by atoms with van der Waals surface area (Å²) in [5.74, 6) is 1.76. The van der Waals surface area contributed by atoms with Gasteiger partial charge in [0.2, 0.25) is 0 Å². The van der Waals surface area contributed by atoms with Crippen LogP contribution in [0.2, 0.25) is 5.02 Å². The summed E-state index contributed by atoms with van der Waals surface area (Å²) in [6, 6.07) is 12.0. The zero-order chi connectivity index (χ0) is 19.6. The van der Waals surface area contributed by atoms with Crippen LogP contribution in [0.15, 0.2) is 47.1 Å². The van der Waals surface area contributed by atoms with Crippen molar-refractivity contribution in [1.29, 1.82) is 0 Å². The number of para-hydroxylation sites is 1. The van der Waals surface area contributed by atoms with Crippen LogP contribution in [-0.2, 0) is 6.42 Å². The number of anilines is 1. The summed E-state index contributed by atoms with van der Waals surface area (Å²) >= 11 is 6.36. The molecule has 0 spiro atoms. The molecule has 0 atom stereocenters. The van der Waals surface area contributed by atoms with E-state index < -0.39 is 0 Å². The Hall–Kier alpha value is -2.37. The molecule has 1 fully saturated rings. The summed E-state index contributed by atoms with van der Waals surface area (Å²) in [6.07, 6.45) is 3.93. The van der Waals surface area contributed by atoms with Crippen molar-refractivity contribution in [3.8, 4) is 11.5 Å². The number of furan rings is 1. The van der Waals surface area contributed by atoms with E-state index in [1.807, 2.05) is 30.5 Å². The molecule has 0 amide bonds. The predicted octanol–water partition coefficient (Wildman–Crippen LogP) is 4.61. The van der Waals surface area contributed by atoms with Crippen LogP contribution < -0.4 is 14.4 Å². The smallest absolute Gasteiger partial charge is 0.184 e. The average molecular weight is 413 g/mol. The third-order valence-corrected chi connectivity index (χ3v) is 6.12. The molecule has 5 rings (SSSR count). The van der Waals surface area contributed by atoms with Gasteiger partial charge in [-0.2, -0.15) is 0 Å². The normalized spacial score (nSPS) is 17.1. The van der Waals surface area contributed by atoms with Gasteiger partial charge in [0.25, 0.3) is 0 Å². The molecule has 3 heterocycles. The highest BCUT2D eigenvalue weighted by atomic mass is 35.5. The van der Waals surface area contributed by atoms with Crippen LogP contribution in [0.25, 0.3) is 11.0 Å². The molecule has 3 aromatic rings. The van der Waals surface area contributed by atoms with Gasteiger partial charge in [0.1, 0.15) is 18.8 Å². The van der Waals surface area contributed by atoms with E-state index in [0.29, 0.717) is 13.2 Å². The van der Waals surface area contributed by atoms with E-state index >= 15 is 0 Å². The predicted molar refractivity (Wildman–Crippen MR) is 116 cm³/mol. The third kappa shape index (κ3) is 3.77. The zero-order valence-corrected chi connectivity index (χ0v) is 17.2. The fourth-order valence-corrected chi connectivity index (χ4v) is 4.59. The number of halogens is 1. The molecule has 0 radical (unpaired) electrons. The summed E-state index contributed by atoms with van der Waals surface area (Å²) in [6.45, 7) is 6.44. The van der Waals surface area contributed by atoms with Crippen LogP contribution in [0.5, 0.6) is 11.5 Å². The highest BCUT2D eigenvalue weighted by molar-refractivity contribution is 6.35. The lowest BCUT2D eigenvalue weighted by Gasteiger charge is -2.37. The second-order valence-corrected chi connectivity index (χ2v) is 8.01. The van der Waals surface area contributed by atoms with Gasteiger partial charge in [0, 0.05) is 31.6 Å². The molecule has 0 bridgehead atoms. The number of hydrogen-bond acceptors (Lipinski definition) is 5. The molecule has 0 N–H and O–H groups in total. The Kier molecular flexibility index (Phi) is 5.25. The first-order chi connectivity index (χ1) is 14.3. The third-order valence-electron chi connectivity index (χ3n) is 5.80. The lowest BCUT2D eigenvalue weighted by molar-refractivity contribution is 0.171. The Morgan fingerprint density at radius 1 is 0.931 bits per heavy atom. The van der Waals surface area contributed by atoms with Crippen molar-refractivity contribution in [2.75, 3.05) is 50.8 Å². The second-order valence-electron chi connectivity index (χ2n) is 7.61. The number of nitrogens with zero attached hydrogens (tertiary/aromatic N) is 2. The van der Waals surface area contributed by atoms with E-state index in [4.69, 9.17) is 25.5 Å². The van der Waals surface area contributed by atoms with Crippen molar-refractivity contribution in [3.63, 3.8) is 0 Å². The number of fused-ring (bicyclic) bond motifs is 2. The summed E-state index contributed by atoms with van der Waals surface area (Å²) < 4.78 is 17.3. The fourth-order valence-electron chi connectivity index (χ4n) is 4.30. The fraction of sp³-hybridized carbons (Fsp3) is 0.391. The monoisotopic (exact) mass is 412 g/mol. The van der Waals surface area contributed by atoms with Crippen LogP contribution in [0.3, 0.4) is 0 Å². The van der Waals surface area contributed by atoms with Crippen molar-refractivity contribution in [2.24, 2.45) is 0 Å². The first-order valence-electron chi connectivity index (χ1n) is 10.3. The minimum Gasteiger partial charge on any atom is -0.486 e. The quantitative estimate of drug-likeness (QED) is 0.611. The maximum atomic E-state index is 6.36. The van der Waals surface area contributed by atoms with Gasteiger partial charge in [-0.05, 0) is 49.2 Å². The number of rotatable bonds is 5. The van der Waals surface area contributed by atoms with E-state index in [2.05, 4.69) is 21.9 Å². The number of piperazine rings is 1. The Morgan fingerprint density at radius 2 is 1.76 bits per heavy atom. The molecule has 0 saturated carbocycles. The second kappa shape index (κ2) is 8.17. The van der Waals surface area contributed by atoms with Crippen LogP contribution in [-0.4, -0.2) is 50.8 Å². The molecule has 1 saturated heterocycles. The molecule has 5 nitrogen and oxygen atoms in total. The lowest BCUT2D eigenvalue weighted by atomic mass is 10.1. The summed E-state index contributed by atoms with van der Waals surface area (Å²) in [5.41, 5.74) is 3.23. The Balaban J connectivity index is 1.16. The van der Waals surface area contributed by atoms with Gasteiger partial charge >= 0.3 is 0 Å². The van der Waals surface area contributed by atoms with E-state index in [0.717, 1.165) is 78.7 Å². The van der Waals surface area contributed by atoms with Gasteiger partial charge in [-0.25, -0.2) is 0 Å². The molecule has 0 aliphatic carbocycles. The molecule has 1 aromatic heterocycles. The van der Waals surface area contributed by atoms with Gasteiger partial charge in [0.15, 0.2) is 11.5 Å². The lowest BCUT2D eigenvalue weighted by Crippen LogP contribution is -2.46. The van der Waals surface area contributed by atoms with Gasteiger partial charge in [0.05, 0.1) is 17.0 Å². The number of ether oxygens (including phenoxy) is 2. The molecule has 2 aromatic carbocycles. The van der Waals surface area contributed by atoms with Crippen molar-refractivity contribution in [3.05, 3.63) is 53.2 Å². The van der Waals surface area contributed by atoms with Crippen molar-refractivity contribution in [1.82, 2.24) is 4.90 Å². The molecule has 6 heteroatoms. The maximum absolute atomic E-state index is 6.36. The highest BCUT2D eigenvalue weighted by Gasteiger charge is 2.23. The van der Waals surface area contributed by atoms with Crippen LogP contribution in [0.4, 0.5) is 5.69 Å².